The molecule has 0 radical (unpaired) electrons. The minimum absolute atomic E-state index is 0.138. The highest BCUT2D eigenvalue weighted by atomic mass is 16.4. The number of aliphatic carboxylic acids is 1. The average molecular weight is 302 g/mol. The van der Waals surface area contributed by atoms with Crippen LogP contribution in [-0.4, -0.2) is 37.3 Å². The molecule has 1 heterocycles. The third-order valence-electron chi connectivity index (χ3n) is 4.31. The molecule has 1 fully saturated rings. The van der Waals surface area contributed by atoms with E-state index >= 15 is 0 Å². The van der Waals surface area contributed by atoms with Gasteiger partial charge in [-0.2, -0.15) is 0 Å². The summed E-state index contributed by atoms with van der Waals surface area (Å²) in [7, 11) is 0. The van der Waals surface area contributed by atoms with Crippen LogP contribution in [0.4, 0.5) is 11.4 Å². The van der Waals surface area contributed by atoms with Gasteiger partial charge >= 0.3 is 5.97 Å². The van der Waals surface area contributed by atoms with Crippen molar-refractivity contribution in [3.8, 4) is 0 Å². The second kappa shape index (κ2) is 7.87. The van der Waals surface area contributed by atoms with Crippen molar-refractivity contribution in [1.82, 2.24) is 0 Å². The van der Waals surface area contributed by atoms with Gasteiger partial charge in [-0.25, -0.2) is 0 Å². The van der Waals surface area contributed by atoms with Gasteiger partial charge in [0.05, 0.1) is 6.42 Å². The predicted molar refractivity (Wildman–Crippen MR) is 91.7 cm³/mol. The molecule has 1 aromatic rings. The fourth-order valence-electron chi connectivity index (χ4n) is 2.85. The number of anilines is 2. The highest BCUT2D eigenvalue weighted by Gasteiger charge is 2.16. The first-order valence-corrected chi connectivity index (χ1v) is 8.03. The summed E-state index contributed by atoms with van der Waals surface area (Å²) in [6, 6.07) is 8.45. The Hall–Kier alpha value is -1.97. The first-order chi connectivity index (χ1) is 10.6. The number of piperidine rings is 1. The summed E-state index contributed by atoms with van der Waals surface area (Å²) in [5, 5.41) is 8.85. The van der Waals surface area contributed by atoms with Gasteiger partial charge in [0, 0.05) is 37.6 Å². The molecule has 1 aromatic carbocycles. The van der Waals surface area contributed by atoms with Crippen molar-refractivity contribution >= 4 is 17.3 Å². The molecule has 4 nitrogen and oxygen atoms in total. The number of carbonyl (C=O) groups is 1. The van der Waals surface area contributed by atoms with Crippen LogP contribution in [0.25, 0.3) is 0 Å². The van der Waals surface area contributed by atoms with Gasteiger partial charge in [0.2, 0.25) is 0 Å². The Balaban J connectivity index is 2.02. The lowest BCUT2D eigenvalue weighted by molar-refractivity contribution is -0.136. The molecule has 0 atom stereocenters. The molecule has 1 N–H and O–H groups in total. The van der Waals surface area contributed by atoms with Crippen molar-refractivity contribution in [2.45, 2.75) is 26.2 Å². The van der Waals surface area contributed by atoms with Gasteiger partial charge in [-0.1, -0.05) is 13.0 Å². The molecule has 4 heteroatoms. The summed E-state index contributed by atoms with van der Waals surface area (Å²) in [6.07, 6.45) is 4.45. The Kier molecular flexibility index (Phi) is 5.87. The summed E-state index contributed by atoms with van der Waals surface area (Å²) in [6.45, 7) is 9.47. The van der Waals surface area contributed by atoms with E-state index in [1.54, 1.807) is 0 Å². The molecule has 0 saturated carbocycles. The molecule has 1 aliphatic heterocycles. The number of carboxylic acid groups (broad SMARTS) is 1. The van der Waals surface area contributed by atoms with Crippen molar-refractivity contribution in [2.24, 2.45) is 5.92 Å². The van der Waals surface area contributed by atoms with E-state index in [0.717, 1.165) is 24.7 Å². The quantitative estimate of drug-likeness (QED) is 0.784. The molecule has 0 spiro atoms. The molecule has 120 valence electrons. The lowest BCUT2D eigenvalue weighted by Gasteiger charge is -2.32. The summed E-state index contributed by atoms with van der Waals surface area (Å²) in [5.74, 6) is 0.0581. The third-order valence-corrected chi connectivity index (χ3v) is 4.31. The van der Waals surface area contributed by atoms with Crippen LogP contribution in [0.2, 0.25) is 0 Å². The second-order valence-electron chi connectivity index (χ2n) is 6.06. The minimum Gasteiger partial charge on any atom is -0.481 e. The molecule has 1 aliphatic rings. The van der Waals surface area contributed by atoms with E-state index < -0.39 is 5.97 Å². The number of hydrogen-bond acceptors (Lipinski definition) is 3. The maximum Gasteiger partial charge on any atom is 0.305 e. The van der Waals surface area contributed by atoms with Crippen LogP contribution >= 0.6 is 0 Å². The molecular weight excluding hydrogens is 276 g/mol. The fourth-order valence-corrected chi connectivity index (χ4v) is 2.85. The number of rotatable bonds is 7. The van der Waals surface area contributed by atoms with Crippen molar-refractivity contribution in [1.29, 1.82) is 0 Å². The lowest BCUT2D eigenvalue weighted by Crippen LogP contribution is -2.32. The molecule has 0 unspecified atom stereocenters. The molecular formula is C18H26N2O2. The summed E-state index contributed by atoms with van der Waals surface area (Å²) in [4.78, 5) is 15.2. The molecule has 22 heavy (non-hydrogen) atoms. The summed E-state index contributed by atoms with van der Waals surface area (Å²) < 4.78 is 0. The standard InChI is InChI=1S/C18H26N2O2/c1-3-11-19(14-10-18(21)22)16-4-6-17(7-5-16)20-12-8-15(2)9-13-20/h3-7,15H,1,8-14H2,2H3,(H,21,22). The Morgan fingerprint density at radius 2 is 2.00 bits per heavy atom. The fraction of sp³-hybridized carbons (Fsp3) is 0.500. The van der Waals surface area contributed by atoms with E-state index in [4.69, 9.17) is 5.11 Å². The van der Waals surface area contributed by atoms with E-state index in [2.05, 4.69) is 42.7 Å². The van der Waals surface area contributed by atoms with E-state index in [1.165, 1.54) is 18.5 Å². The van der Waals surface area contributed by atoms with E-state index in [0.29, 0.717) is 13.1 Å². The van der Waals surface area contributed by atoms with Crippen LogP contribution in [0.5, 0.6) is 0 Å². The molecule has 0 aliphatic carbocycles. The number of benzene rings is 1. The van der Waals surface area contributed by atoms with Crippen LogP contribution in [0.3, 0.4) is 0 Å². The summed E-state index contributed by atoms with van der Waals surface area (Å²) >= 11 is 0. The molecule has 0 amide bonds. The normalized spacial score (nSPS) is 15.6. The maximum atomic E-state index is 10.8. The zero-order chi connectivity index (χ0) is 15.9. The number of nitrogens with zero attached hydrogens (tertiary/aromatic N) is 2. The zero-order valence-electron chi connectivity index (χ0n) is 13.4. The van der Waals surface area contributed by atoms with Gasteiger partial charge in [-0.15, -0.1) is 6.58 Å². The van der Waals surface area contributed by atoms with Gasteiger partial charge in [-0.05, 0) is 43.0 Å². The molecule has 0 aromatic heterocycles. The zero-order valence-corrected chi connectivity index (χ0v) is 13.4. The van der Waals surface area contributed by atoms with Gasteiger partial charge in [0.15, 0.2) is 0 Å². The third kappa shape index (κ3) is 4.52. The smallest absolute Gasteiger partial charge is 0.305 e. The first kappa shape index (κ1) is 16.4. The molecule has 0 bridgehead atoms. The topological polar surface area (TPSA) is 43.8 Å². The van der Waals surface area contributed by atoms with Gasteiger partial charge in [0.1, 0.15) is 0 Å². The SMILES string of the molecule is C=CCN(CCC(=O)O)c1ccc(N2CCC(C)CC2)cc1. The van der Waals surface area contributed by atoms with E-state index in [9.17, 15) is 4.79 Å². The van der Waals surface area contributed by atoms with Gasteiger partial charge in [0.25, 0.3) is 0 Å². The average Bonchev–Trinajstić information content (AvgIpc) is 2.52. The largest absolute Gasteiger partial charge is 0.481 e. The lowest BCUT2D eigenvalue weighted by atomic mass is 9.99. The van der Waals surface area contributed by atoms with E-state index in [1.807, 2.05) is 11.0 Å². The monoisotopic (exact) mass is 302 g/mol. The minimum atomic E-state index is -0.770. The highest BCUT2D eigenvalue weighted by molar-refractivity contribution is 5.68. The number of hydrogen-bond donors (Lipinski definition) is 1. The van der Waals surface area contributed by atoms with Gasteiger partial charge in [-0.3, -0.25) is 4.79 Å². The Labute approximate surface area is 133 Å². The Bertz CT molecular complexity index is 490. The van der Waals surface area contributed by atoms with Crippen molar-refractivity contribution < 1.29 is 9.90 Å². The van der Waals surface area contributed by atoms with Crippen LogP contribution < -0.4 is 9.80 Å². The van der Waals surface area contributed by atoms with Crippen molar-refractivity contribution in [3.05, 3.63) is 36.9 Å². The van der Waals surface area contributed by atoms with Crippen LogP contribution in [0.1, 0.15) is 26.2 Å². The van der Waals surface area contributed by atoms with Crippen LogP contribution in [0.15, 0.2) is 36.9 Å². The van der Waals surface area contributed by atoms with Crippen LogP contribution in [0, 0.1) is 5.92 Å². The Morgan fingerprint density at radius 1 is 1.36 bits per heavy atom. The summed E-state index contributed by atoms with van der Waals surface area (Å²) in [5.41, 5.74) is 2.31. The molecule has 2 rings (SSSR count). The highest BCUT2D eigenvalue weighted by Crippen LogP contribution is 2.25. The first-order valence-electron chi connectivity index (χ1n) is 8.03. The molecule has 1 saturated heterocycles. The van der Waals surface area contributed by atoms with E-state index in [-0.39, 0.29) is 6.42 Å². The van der Waals surface area contributed by atoms with Gasteiger partial charge < -0.3 is 14.9 Å². The number of carboxylic acids is 1. The second-order valence-corrected chi connectivity index (χ2v) is 6.06. The Morgan fingerprint density at radius 3 is 2.55 bits per heavy atom. The van der Waals surface area contributed by atoms with Crippen LogP contribution in [-0.2, 0) is 4.79 Å². The maximum absolute atomic E-state index is 10.8. The predicted octanol–water partition coefficient (Wildman–Crippen LogP) is 3.39. The van der Waals surface area contributed by atoms with Crippen molar-refractivity contribution in [2.75, 3.05) is 36.0 Å². The van der Waals surface area contributed by atoms with Crippen molar-refractivity contribution in [3.63, 3.8) is 0 Å².